The van der Waals surface area contributed by atoms with Gasteiger partial charge in [0.2, 0.25) is 0 Å². The van der Waals surface area contributed by atoms with Crippen LogP contribution in [0.3, 0.4) is 0 Å². The third-order valence-electron chi connectivity index (χ3n) is 1.41. The zero-order chi connectivity index (χ0) is 9.19. The Kier molecular flexibility index (Phi) is 4.94. The van der Waals surface area contributed by atoms with Crippen LogP contribution < -0.4 is 0 Å². The van der Waals surface area contributed by atoms with E-state index in [0.29, 0.717) is 5.56 Å². The normalized spacial score (nSPS) is 10.8. The Hall–Kier alpha value is -0.0766. The van der Waals surface area contributed by atoms with Crippen LogP contribution in [0, 0.1) is 0 Å². The van der Waals surface area contributed by atoms with Gasteiger partial charge in [-0.15, -0.1) is 11.6 Å². The van der Waals surface area contributed by atoms with Crippen molar-refractivity contribution in [2.75, 3.05) is 0 Å². The Morgan fingerprint density at radius 1 is 1.23 bits per heavy atom. The predicted molar refractivity (Wildman–Crippen MR) is 41.0 cm³/mol. The van der Waals surface area contributed by atoms with Crippen molar-refractivity contribution in [3.05, 3.63) is 35.4 Å². The van der Waals surface area contributed by atoms with Crippen LogP contribution in [-0.4, -0.2) is 0 Å². The average Bonchev–Trinajstić information content (AvgIpc) is 2.03. The van der Waals surface area contributed by atoms with E-state index in [2.05, 4.69) is 0 Å². The number of benzene rings is 1. The summed E-state index contributed by atoms with van der Waals surface area (Å²) in [4.78, 5) is 0. The van der Waals surface area contributed by atoms with E-state index in [-0.39, 0.29) is 25.4 Å². The van der Waals surface area contributed by atoms with Crippen molar-refractivity contribution in [2.45, 2.75) is 12.1 Å². The largest absolute Gasteiger partial charge is 0.416 e. The minimum Gasteiger partial charge on any atom is -0.166 e. The van der Waals surface area contributed by atoms with Gasteiger partial charge >= 0.3 is 6.18 Å². The summed E-state index contributed by atoms with van der Waals surface area (Å²) < 4.78 is 36.2. The first-order valence-electron chi connectivity index (χ1n) is 3.26. The van der Waals surface area contributed by atoms with Crippen molar-refractivity contribution in [1.29, 1.82) is 0 Å². The number of alkyl halides is 4. The van der Waals surface area contributed by atoms with E-state index in [4.69, 9.17) is 11.6 Å². The van der Waals surface area contributed by atoms with Crippen molar-refractivity contribution >= 4 is 11.6 Å². The van der Waals surface area contributed by atoms with Gasteiger partial charge in [-0.05, 0) is 11.6 Å². The van der Waals surface area contributed by atoms with E-state index >= 15 is 0 Å². The first kappa shape index (κ1) is 12.9. The molecule has 1 aromatic carbocycles. The molecule has 0 aliphatic rings. The fraction of sp³-hybridized carbons (Fsp3) is 0.250. The first-order valence-corrected chi connectivity index (χ1v) is 3.79. The van der Waals surface area contributed by atoms with Gasteiger partial charge in [-0.3, -0.25) is 0 Å². The van der Waals surface area contributed by atoms with E-state index < -0.39 is 11.7 Å². The van der Waals surface area contributed by atoms with E-state index in [1.54, 1.807) is 6.07 Å². The van der Waals surface area contributed by atoms with E-state index in [0.717, 1.165) is 12.1 Å². The zero-order valence-corrected chi connectivity index (χ0v) is 10.5. The first-order chi connectivity index (χ1) is 5.54. The zero-order valence-electron chi connectivity index (χ0n) is 6.74. The molecule has 0 spiro atoms. The second-order valence-corrected chi connectivity index (χ2v) is 2.60. The molecule has 0 N–H and O–H groups in total. The summed E-state index contributed by atoms with van der Waals surface area (Å²) >= 11 is 5.38. The standard InChI is InChI=1S/C8H6ClF3.Zn/c9-5-6-2-1-3-7(4-6)8(10,11)12;/h1-4H,5H2;. The number of halogens is 4. The SMILES string of the molecule is FC(F)(F)c1cccc(CCl)c1.[Zn]. The van der Waals surface area contributed by atoms with Gasteiger partial charge in [0.25, 0.3) is 0 Å². The molecule has 0 amide bonds. The monoisotopic (exact) mass is 258 g/mol. The summed E-state index contributed by atoms with van der Waals surface area (Å²) in [5.74, 6) is 0.101. The Morgan fingerprint density at radius 2 is 1.85 bits per heavy atom. The fourth-order valence-electron chi connectivity index (χ4n) is 0.831. The van der Waals surface area contributed by atoms with Gasteiger partial charge in [-0.1, -0.05) is 18.2 Å². The molecule has 0 bridgehead atoms. The molecule has 1 rings (SSSR count). The molecule has 68 valence electrons. The minimum absolute atomic E-state index is 0. The van der Waals surface area contributed by atoms with Crippen LogP contribution in [0.25, 0.3) is 0 Å². The third kappa shape index (κ3) is 3.65. The molecular formula is C8H6ClF3Zn. The molecule has 0 nitrogen and oxygen atoms in total. The molecule has 0 fully saturated rings. The summed E-state index contributed by atoms with van der Waals surface area (Å²) in [5.41, 5.74) is -0.174. The molecule has 0 aromatic heterocycles. The van der Waals surface area contributed by atoms with Gasteiger partial charge in [0.05, 0.1) is 5.56 Å². The molecule has 0 heterocycles. The Labute approximate surface area is 91.8 Å². The summed E-state index contributed by atoms with van der Waals surface area (Å²) in [6.07, 6.45) is -4.28. The Morgan fingerprint density at radius 3 is 2.31 bits per heavy atom. The van der Waals surface area contributed by atoms with E-state index in [9.17, 15) is 13.2 Å². The van der Waals surface area contributed by atoms with Crippen LogP contribution in [0.4, 0.5) is 13.2 Å². The fourth-order valence-corrected chi connectivity index (χ4v) is 0.997. The molecular weight excluding hydrogens is 254 g/mol. The molecule has 0 unspecified atom stereocenters. The number of rotatable bonds is 1. The van der Waals surface area contributed by atoms with Gasteiger partial charge in [0, 0.05) is 25.4 Å². The molecule has 0 atom stereocenters. The summed E-state index contributed by atoms with van der Waals surface area (Å²) in [7, 11) is 0. The number of hydrogen-bond donors (Lipinski definition) is 0. The second kappa shape index (κ2) is 4.97. The molecule has 5 heteroatoms. The maximum Gasteiger partial charge on any atom is 0.416 e. The van der Waals surface area contributed by atoms with Gasteiger partial charge < -0.3 is 0 Å². The average molecular weight is 260 g/mol. The van der Waals surface area contributed by atoms with Crippen molar-refractivity contribution in [2.24, 2.45) is 0 Å². The molecule has 0 saturated heterocycles. The molecule has 13 heavy (non-hydrogen) atoms. The third-order valence-corrected chi connectivity index (χ3v) is 1.72. The van der Waals surface area contributed by atoms with Crippen LogP contribution in [0.1, 0.15) is 11.1 Å². The predicted octanol–water partition coefficient (Wildman–Crippen LogP) is 3.44. The molecule has 0 aliphatic carbocycles. The summed E-state index contributed by atoms with van der Waals surface area (Å²) in [6.45, 7) is 0. The van der Waals surface area contributed by atoms with Crippen LogP contribution >= 0.6 is 11.6 Å². The smallest absolute Gasteiger partial charge is 0.166 e. The summed E-state index contributed by atoms with van der Waals surface area (Å²) in [6, 6.07) is 4.98. The van der Waals surface area contributed by atoms with Gasteiger partial charge in [-0.25, -0.2) is 0 Å². The van der Waals surface area contributed by atoms with Gasteiger partial charge in [0.1, 0.15) is 0 Å². The molecule has 0 radical (unpaired) electrons. The second-order valence-electron chi connectivity index (χ2n) is 2.33. The van der Waals surface area contributed by atoms with Crippen molar-refractivity contribution in [3.8, 4) is 0 Å². The maximum atomic E-state index is 12.1. The maximum absolute atomic E-state index is 12.1. The van der Waals surface area contributed by atoms with Gasteiger partial charge in [0.15, 0.2) is 0 Å². The molecule has 0 aliphatic heterocycles. The van der Waals surface area contributed by atoms with E-state index in [1.165, 1.54) is 6.07 Å². The van der Waals surface area contributed by atoms with Crippen LogP contribution in [0.5, 0.6) is 0 Å². The van der Waals surface area contributed by atoms with Crippen molar-refractivity contribution < 1.29 is 32.6 Å². The van der Waals surface area contributed by atoms with Crippen molar-refractivity contribution in [3.63, 3.8) is 0 Å². The molecule has 1 aromatic rings. The van der Waals surface area contributed by atoms with Crippen LogP contribution in [-0.2, 0) is 31.5 Å². The van der Waals surface area contributed by atoms with Gasteiger partial charge in [-0.2, -0.15) is 13.2 Å². The van der Waals surface area contributed by atoms with Crippen molar-refractivity contribution in [1.82, 2.24) is 0 Å². The number of hydrogen-bond acceptors (Lipinski definition) is 0. The molecule has 0 saturated carbocycles. The van der Waals surface area contributed by atoms with Crippen LogP contribution in [0.15, 0.2) is 24.3 Å². The van der Waals surface area contributed by atoms with Crippen LogP contribution in [0.2, 0.25) is 0 Å². The quantitative estimate of drug-likeness (QED) is 0.536. The van der Waals surface area contributed by atoms with E-state index in [1.807, 2.05) is 0 Å². The minimum atomic E-state index is -4.28. The topological polar surface area (TPSA) is 0 Å². The Bertz CT molecular complexity index is 272. The summed E-state index contributed by atoms with van der Waals surface area (Å²) in [5, 5.41) is 0. The Balaban J connectivity index is 0.00000144.